The number of rotatable bonds is 7. The molecule has 12 heavy (non-hydrogen) atoms. The van der Waals surface area contributed by atoms with Crippen molar-refractivity contribution < 1.29 is 0 Å². The number of hydrogen-bond donors (Lipinski definition) is 0. The molecule has 0 radical (unpaired) electrons. The molecular weight excluding hydrogens is 168 g/mol. The number of alkyl halides is 1. The molecule has 0 aliphatic heterocycles. The molecule has 0 rings (SSSR count). The van der Waals surface area contributed by atoms with Gasteiger partial charge in [-0.2, -0.15) is 0 Å². The van der Waals surface area contributed by atoms with Gasteiger partial charge in [0.15, 0.2) is 0 Å². The van der Waals surface area contributed by atoms with E-state index in [1.807, 2.05) is 6.08 Å². The number of unbranched alkanes of at least 4 members (excludes halogenated alkanes) is 4. The second kappa shape index (κ2) is 6.54. The minimum Gasteiger partial charge on any atom is -0.120 e. The summed E-state index contributed by atoms with van der Waals surface area (Å²) in [6.07, 6.45) is 9.45. The summed E-state index contributed by atoms with van der Waals surface area (Å²) < 4.78 is 0. The second-order valence-corrected chi connectivity index (χ2v) is 4.98. The molecule has 0 fully saturated rings. The normalized spacial score (nSPS) is 11.6. The highest BCUT2D eigenvalue weighted by atomic mass is 35.5. The van der Waals surface area contributed by atoms with E-state index < -0.39 is 0 Å². The average molecular weight is 189 g/mol. The lowest BCUT2D eigenvalue weighted by Crippen LogP contribution is -2.08. The van der Waals surface area contributed by atoms with Crippen LogP contribution in [0.2, 0.25) is 0 Å². The van der Waals surface area contributed by atoms with Crippen molar-refractivity contribution in [3.8, 4) is 0 Å². The molecule has 0 aliphatic carbocycles. The highest BCUT2D eigenvalue weighted by Crippen LogP contribution is 2.21. The van der Waals surface area contributed by atoms with Crippen LogP contribution in [0.3, 0.4) is 0 Å². The Morgan fingerprint density at radius 3 is 2.25 bits per heavy atom. The third-order valence-electron chi connectivity index (χ3n) is 1.93. The Bertz CT molecular complexity index is 111. The smallest absolute Gasteiger partial charge is 0.0390 e. The maximum absolute atomic E-state index is 6.06. The van der Waals surface area contributed by atoms with Crippen molar-refractivity contribution >= 4 is 11.6 Å². The highest BCUT2D eigenvalue weighted by molar-refractivity contribution is 6.23. The van der Waals surface area contributed by atoms with Gasteiger partial charge < -0.3 is 0 Å². The first kappa shape index (κ1) is 12.0. The largest absolute Gasteiger partial charge is 0.120 e. The molecule has 72 valence electrons. The third-order valence-corrected chi connectivity index (χ3v) is 2.12. The Hall–Kier alpha value is 0.0300. The summed E-state index contributed by atoms with van der Waals surface area (Å²) in [5.74, 6) is 0. The van der Waals surface area contributed by atoms with Gasteiger partial charge in [-0.15, -0.1) is 18.2 Å². The van der Waals surface area contributed by atoms with E-state index in [-0.39, 0.29) is 4.87 Å². The fourth-order valence-corrected chi connectivity index (χ4v) is 1.32. The monoisotopic (exact) mass is 188 g/mol. The summed E-state index contributed by atoms with van der Waals surface area (Å²) in [5, 5.41) is 0. The van der Waals surface area contributed by atoms with Gasteiger partial charge in [-0.05, 0) is 33.1 Å². The summed E-state index contributed by atoms with van der Waals surface area (Å²) in [6, 6.07) is 0. The fourth-order valence-electron chi connectivity index (χ4n) is 1.19. The number of allylic oxidation sites excluding steroid dienone is 1. The van der Waals surface area contributed by atoms with Gasteiger partial charge in [0.25, 0.3) is 0 Å². The van der Waals surface area contributed by atoms with E-state index in [0.717, 1.165) is 12.8 Å². The van der Waals surface area contributed by atoms with Crippen LogP contribution in [0.5, 0.6) is 0 Å². The molecule has 0 saturated heterocycles. The van der Waals surface area contributed by atoms with Gasteiger partial charge in [0.1, 0.15) is 0 Å². The highest BCUT2D eigenvalue weighted by Gasteiger charge is 2.11. The van der Waals surface area contributed by atoms with Crippen molar-refractivity contribution in [2.24, 2.45) is 0 Å². The van der Waals surface area contributed by atoms with Crippen LogP contribution in [0.4, 0.5) is 0 Å². The zero-order valence-electron chi connectivity index (χ0n) is 8.41. The van der Waals surface area contributed by atoms with Crippen LogP contribution in [-0.4, -0.2) is 4.87 Å². The van der Waals surface area contributed by atoms with Crippen LogP contribution in [-0.2, 0) is 0 Å². The van der Waals surface area contributed by atoms with Crippen LogP contribution in [0, 0.1) is 0 Å². The minimum absolute atomic E-state index is 0.00155. The molecule has 0 aliphatic rings. The van der Waals surface area contributed by atoms with Crippen molar-refractivity contribution in [1.82, 2.24) is 0 Å². The Morgan fingerprint density at radius 2 is 1.75 bits per heavy atom. The predicted octanol–water partition coefficient (Wildman–Crippen LogP) is 4.53. The van der Waals surface area contributed by atoms with E-state index in [1.165, 1.54) is 25.7 Å². The fraction of sp³-hybridized carbons (Fsp3) is 0.818. The molecule has 0 unspecified atom stereocenters. The molecule has 0 aromatic rings. The zero-order chi connectivity index (χ0) is 9.45. The van der Waals surface area contributed by atoms with E-state index >= 15 is 0 Å². The summed E-state index contributed by atoms with van der Waals surface area (Å²) in [5.41, 5.74) is 0. The summed E-state index contributed by atoms with van der Waals surface area (Å²) in [7, 11) is 0. The molecular formula is C11H21Cl. The molecule has 0 heterocycles. The van der Waals surface area contributed by atoms with Crippen LogP contribution < -0.4 is 0 Å². The van der Waals surface area contributed by atoms with E-state index in [2.05, 4.69) is 20.4 Å². The molecule has 0 aromatic heterocycles. The Labute approximate surface area is 82.0 Å². The van der Waals surface area contributed by atoms with Gasteiger partial charge >= 0.3 is 0 Å². The minimum atomic E-state index is -0.00155. The topological polar surface area (TPSA) is 0 Å². The lowest BCUT2D eigenvalue weighted by molar-refractivity contribution is 0.546. The van der Waals surface area contributed by atoms with Crippen LogP contribution >= 0.6 is 11.6 Å². The van der Waals surface area contributed by atoms with Crippen molar-refractivity contribution in [2.75, 3.05) is 0 Å². The van der Waals surface area contributed by atoms with Gasteiger partial charge in [0.05, 0.1) is 0 Å². The van der Waals surface area contributed by atoms with Gasteiger partial charge in [-0.3, -0.25) is 0 Å². The number of halogens is 1. The quantitative estimate of drug-likeness (QED) is 0.313. The Morgan fingerprint density at radius 1 is 1.17 bits per heavy atom. The Balaban J connectivity index is 3.06. The number of hydrogen-bond acceptors (Lipinski definition) is 0. The van der Waals surface area contributed by atoms with Gasteiger partial charge in [0, 0.05) is 4.87 Å². The molecule has 0 spiro atoms. The van der Waals surface area contributed by atoms with E-state index in [0.29, 0.717) is 0 Å². The van der Waals surface area contributed by atoms with E-state index in [9.17, 15) is 0 Å². The van der Waals surface area contributed by atoms with Gasteiger partial charge in [0.2, 0.25) is 0 Å². The molecule has 0 atom stereocenters. The molecule has 0 bridgehead atoms. The predicted molar refractivity (Wildman–Crippen MR) is 57.8 cm³/mol. The van der Waals surface area contributed by atoms with Crippen molar-refractivity contribution in [2.45, 2.75) is 57.2 Å². The molecule has 0 aromatic carbocycles. The lowest BCUT2D eigenvalue weighted by atomic mass is 10.0. The lowest BCUT2D eigenvalue weighted by Gasteiger charge is -2.14. The van der Waals surface area contributed by atoms with Crippen molar-refractivity contribution in [3.05, 3.63) is 12.7 Å². The van der Waals surface area contributed by atoms with E-state index in [4.69, 9.17) is 11.6 Å². The van der Waals surface area contributed by atoms with E-state index in [1.54, 1.807) is 0 Å². The SMILES string of the molecule is C=CCCCCCCC(C)(C)Cl. The molecule has 0 amide bonds. The molecule has 0 N–H and O–H groups in total. The average Bonchev–Trinajstić information content (AvgIpc) is 1.94. The molecule has 0 saturated carbocycles. The summed E-state index contributed by atoms with van der Waals surface area (Å²) in [4.78, 5) is -0.00155. The Kier molecular flexibility index (Phi) is 6.55. The second-order valence-electron chi connectivity index (χ2n) is 3.96. The van der Waals surface area contributed by atoms with Crippen LogP contribution in [0.15, 0.2) is 12.7 Å². The zero-order valence-corrected chi connectivity index (χ0v) is 9.16. The van der Waals surface area contributed by atoms with Crippen molar-refractivity contribution in [1.29, 1.82) is 0 Å². The van der Waals surface area contributed by atoms with Gasteiger partial charge in [-0.25, -0.2) is 0 Å². The first-order valence-electron chi connectivity index (χ1n) is 4.86. The molecule has 1 heteroatoms. The molecule has 0 nitrogen and oxygen atoms in total. The van der Waals surface area contributed by atoms with Crippen LogP contribution in [0.25, 0.3) is 0 Å². The van der Waals surface area contributed by atoms with Crippen molar-refractivity contribution in [3.63, 3.8) is 0 Å². The third kappa shape index (κ3) is 10.0. The summed E-state index contributed by atoms with van der Waals surface area (Å²) >= 11 is 6.06. The first-order valence-corrected chi connectivity index (χ1v) is 5.24. The van der Waals surface area contributed by atoms with Gasteiger partial charge in [-0.1, -0.05) is 25.3 Å². The standard InChI is InChI=1S/C11H21Cl/c1-4-5-6-7-8-9-10-11(2,3)12/h4H,1,5-10H2,2-3H3. The first-order chi connectivity index (χ1) is 5.56. The maximum atomic E-state index is 6.06. The van der Waals surface area contributed by atoms with Crippen LogP contribution in [0.1, 0.15) is 52.4 Å². The summed E-state index contributed by atoms with van der Waals surface area (Å²) in [6.45, 7) is 7.86. The maximum Gasteiger partial charge on any atom is 0.0390 e.